The number of fused-ring (bicyclic) bond motifs is 7. The second-order valence-electron chi connectivity index (χ2n) is 12.3. The topological polar surface area (TPSA) is 67.9 Å². The summed E-state index contributed by atoms with van der Waals surface area (Å²) in [5.74, 6) is 0. The van der Waals surface area contributed by atoms with Gasteiger partial charge in [-0.2, -0.15) is 0 Å². The Balaban J connectivity index is 1.23. The van der Waals surface area contributed by atoms with Gasteiger partial charge < -0.3 is 33.2 Å². The summed E-state index contributed by atoms with van der Waals surface area (Å²) in [7, 11) is 0. The van der Waals surface area contributed by atoms with Crippen LogP contribution in [0.1, 0.15) is 19.4 Å². The van der Waals surface area contributed by atoms with Gasteiger partial charge >= 0.3 is 0 Å². The molecule has 43 heavy (non-hydrogen) atoms. The maximum atomic E-state index is 6.24. The molecule has 4 aromatic carbocycles. The van der Waals surface area contributed by atoms with E-state index in [0.29, 0.717) is 79.3 Å². The number of hydrogen-bond acceptors (Lipinski definition) is 8. The van der Waals surface area contributed by atoms with E-state index in [4.69, 9.17) is 33.2 Å². The lowest BCUT2D eigenvalue weighted by atomic mass is 9.92. The minimum Gasteiger partial charge on any atom is -0.377 e. The maximum absolute atomic E-state index is 6.24. The third kappa shape index (κ3) is 7.64. The van der Waals surface area contributed by atoms with E-state index in [2.05, 4.69) is 59.5 Å². The van der Waals surface area contributed by atoms with Gasteiger partial charge in [0, 0.05) is 19.6 Å². The fourth-order valence-electron chi connectivity index (χ4n) is 6.15. The Morgan fingerprint density at radius 1 is 0.535 bits per heavy atom. The molecule has 8 heteroatoms. The van der Waals surface area contributed by atoms with Crippen LogP contribution in [0.5, 0.6) is 0 Å². The molecule has 2 fully saturated rings. The van der Waals surface area contributed by atoms with Gasteiger partial charge in [0.05, 0.1) is 79.3 Å². The second kappa shape index (κ2) is 14.1. The van der Waals surface area contributed by atoms with Gasteiger partial charge in [-0.15, -0.1) is 0 Å². The first-order valence-electron chi connectivity index (χ1n) is 15.6. The second-order valence-corrected chi connectivity index (χ2v) is 12.3. The SMILES string of the molecule is CC12COCCOCC(C)(COCCN(Cc3ccc4ccc5cccc6ccc3c4c56)CCOC1)OCCOCCO2. The van der Waals surface area contributed by atoms with E-state index in [1.807, 2.05) is 13.8 Å². The predicted molar refractivity (Wildman–Crippen MR) is 168 cm³/mol. The summed E-state index contributed by atoms with van der Waals surface area (Å²) in [6.07, 6.45) is 0. The van der Waals surface area contributed by atoms with E-state index < -0.39 is 11.2 Å². The van der Waals surface area contributed by atoms with Crippen LogP contribution in [0.25, 0.3) is 32.3 Å². The van der Waals surface area contributed by atoms with Crippen LogP contribution in [0.15, 0.2) is 54.6 Å². The Bertz CT molecular complexity index is 1410. The van der Waals surface area contributed by atoms with E-state index in [1.54, 1.807) is 0 Å². The van der Waals surface area contributed by atoms with Gasteiger partial charge in [-0.05, 0) is 51.7 Å². The van der Waals surface area contributed by atoms with Crippen molar-refractivity contribution in [1.82, 2.24) is 4.90 Å². The molecule has 0 saturated carbocycles. The van der Waals surface area contributed by atoms with Crippen LogP contribution in [0.4, 0.5) is 0 Å². The molecule has 2 aliphatic heterocycles. The van der Waals surface area contributed by atoms with Gasteiger partial charge in [0.25, 0.3) is 0 Å². The highest BCUT2D eigenvalue weighted by atomic mass is 16.6. The highest BCUT2D eigenvalue weighted by Crippen LogP contribution is 2.36. The Morgan fingerprint density at radius 2 is 1.02 bits per heavy atom. The van der Waals surface area contributed by atoms with Crippen molar-refractivity contribution >= 4 is 32.3 Å². The quantitative estimate of drug-likeness (QED) is 0.300. The summed E-state index contributed by atoms with van der Waals surface area (Å²) in [4.78, 5) is 2.42. The standard InChI is InChI=1S/C35H45NO7/c1-34-23-38-14-12-36(13-15-39-24-35(2,26-41-17-16-40-25-34)43-21-19-37-18-20-42-34)22-30-9-8-29-7-6-27-4-3-5-28-10-11-31(30)33(29)32(27)28/h3-11H,12-26H2,1-2H3. The lowest BCUT2D eigenvalue weighted by Gasteiger charge is -2.31. The molecular formula is C35H45NO7. The number of hydrogen-bond donors (Lipinski definition) is 0. The van der Waals surface area contributed by atoms with Crippen molar-refractivity contribution < 1.29 is 33.2 Å². The molecule has 6 rings (SSSR count). The zero-order valence-corrected chi connectivity index (χ0v) is 25.6. The van der Waals surface area contributed by atoms with Gasteiger partial charge in [0.1, 0.15) is 11.2 Å². The van der Waals surface area contributed by atoms with Crippen molar-refractivity contribution in [3.8, 4) is 0 Å². The highest BCUT2D eigenvalue weighted by Gasteiger charge is 2.29. The van der Waals surface area contributed by atoms with Crippen LogP contribution in [0, 0.1) is 0 Å². The van der Waals surface area contributed by atoms with Crippen molar-refractivity contribution in [3.05, 3.63) is 60.2 Å². The molecule has 8 nitrogen and oxygen atoms in total. The van der Waals surface area contributed by atoms with Gasteiger partial charge in [0.15, 0.2) is 0 Å². The van der Waals surface area contributed by atoms with E-state index in [0.717, 1.165) is 19.6 Å². The molecule has 2 bridgehead atoms. The molecular weight excluding hydrogens is 546 g/mol. The van der Waals surface area contributed by atoms with Gasteiger partial charge in [-0.25, -0.2) is 0 Å². The molecule has 0 aliphatic carbocycles. The minimum atomic E-state index is -0.581. The Hall–Kier alpha value is -2.40. The third-order valence-electron chi connectivity index (χ3n) is 8.47. The summed E-state index contributed by atoms with van der Waals surface area (Å²) in [6.45, 7) is 12.1. The zero-order valence-electron chi connectivity index (χ0n) is 25.6. The molecule has 2 aliphatic rings. The van der Waals surface area contributed by atoms with Crippen molar-refractivity contribution in [3.63, 3.8) is 0 Å². The summed E-state index contributed by atoms with van der Waals surface area (Å²) >= 11 is 0. The van der Waals surface area contributed by atoms with Crippen molar-refractivity contribution in [2.75, 3.05) is 92.4 Å². The molecule has 2 heterocycles. The molecule has 2 unspecified atom stereocenters. The first-order chi connectivity index (χ1) is 21.0. The third-order valence-corrected chi connectivity index (χ3v) is 8.47. The molecule has 2 saturated heterocycles. The van der Waals surface area contributed by atoms with Crippen LogP contribution in [0.3, 0.4) is 0 Å². The zero-order chi connectivity index (χ0) is 29.5. The lowest BCUT2D eigenvalue weighted by molar-refractivity contribution is -0.139. The summed E-state index contributed by atoms with van der Waals surface area (Å²) < 4.78 is 42.6. The Morgan fingerprint density at radius 3 is 1.63 bits per heavy atom. The van der Waals surface area contributed by atoms with Crippen LogP contribution in [-0.4, -0.2) is 108 Å². The van der Waals surface area contributed by atoms with Crippen molar-refractivity contribution in [2.24, 2.45) is 0 Å². The summed E-state index contributed by atoms with van der Waals surface area (Å²) in [5, 5.41) is 7.84. The molecule has 0 aromatic heterocycles. The maximum Gasteiger partial charge on any atom is 0.112 e. The van der Waals surface area contributed by atoms with Crippen LogP contribution in [-0.2, 0) is 39.7 Å². The average molecular weight is 592 g/mol. The number of benzene rings is 4. The fourth-order valence-corrected chi connectivity index (χ4v) is 6.15. The van der Waals surface area contributed by atoms with Gasteiger partial charge in [0.2, 0.25) is 0 Å². The molecule has 0 spiro atoms. The van der Waals surface area contributed by atoms with Crippen molar-refractivity contribution in [1.29, 1.82) is 0 Å². The largest absolute Gasteiger partial charge is 0.377 e. The normalized spacial score (nSPS) is 26.9. The predicted octanol–water partition coefficient (Wildman–Crippen LogP) is 5.05. The number of ether oxygens (including phenoxy) is 7. The van der Waals surface area contributed by atoms with Crippen molar-refractivity contribution in [2.45, 2.75) is 31.6 Å². The molecule has 0 radical (unpaired) electrons. The lowest BCUT2D eigenvalue weighted by Crippen LogP contribution is -2.42. The smallest absolute Gasteiger partial charge is 0.112 e. The summed E-state index contributed by atoms with van der Waals surface area (Å²) in [5.41, 5.74) is 0.146. The fraction of sp³-hybridized carbons (Fsp3) is 0.543. The van der Waals surface area contributed by atoms with Crippen LogP contribution < -0.4 is 0 Å². The first kappa shape index (κ1) is 30.6. The first-order valence-corrected chi connectivity index (χ1v) is 15.6. The van der Waals surface area contributed by atoms with Crippen LogP contribution >= 0.6 is 0 Å². The van der Waals surface area contributed by atoms with E-state index in [1.165, 1.54) is 37.9 Å². The Kier molecular flexibility index (Phi) is 10.1. The van der Waals surface area contributed by atoms with E-state index in [-0.39, 0.29) is 0 Å². The highest BCUT2D eigenvalue weighted by molar-refractivity contribution is 6.23. The minimum absolute atomic E-state index is 0.416. The Labute approximate surface area is 254 Å². The monoisotopic (exact) mass is 591 g/mol. The van der Waals surface area contributed by atoms with Gasteiger partial charge in [-0.3, -0.25) is 4.90 Å². The summed E-state index contributed by atoms with van der Waals surface area (Å²) in [6, 6.07) is 20.1. The molecule has 0 amide bonds. The molecule has 0 N–H and O–H groups in total. The molecule has 2 atom stereocenters. The number of nitrogens with zero attached hydrogens (tertiary/aromatic N) is 1. The van der Waals surface area contributed by atoms with Gasteiger partial charge in [-0.1, -0.05) is 54.6 Å². The molecule has 4 aromatic rings. The number of rotatable bonds is 2. The van der Waals surface area contributed by atoms with E-state index in [9.17, 15) is 0 Å². The van der Waals surface area contributed by atoms with Crippen LogP contribution in [0.2, 0.25) is 0 Å². The average Bonchev–Trinajstić information content (AvgIpc) is 3.01. The molecule has 232 valence electrons. The van der Waals surface area contributed by atoms with E-state index >= 15 is 0 Å².